The van der Waals surface area contributed by atoms with Gasteiger partial charge in [-0.25, -0.2) is 4.79 Å². The van der Waals surface area contributed by atoms with E-state index in [0.717, 1.165) is 4.90 Å². The number of β-amino-alcohol motifs (C(OH)–C–C–N with tert-alkyl or cyclic N) is 1. The van der Waals surface area contributed by atoms with E-state index in [9.17, 15) is 9.59 Å². The van der Waals surface area contributed by atoms with E-state index in [2.05, 4.69) is 10.3 Å². The van der Waals surface area contributed by atoms with Crippen LogP contribution in [0.4, 0.5) is 4.79 Å². The SMILES string of the molecule is CC1(c2cccnc2)NC(=O)N(CCO)C1=O. The topological polar surface area (TPSA) is 82.5 Å². The fourth-order valence-electron chi connectivity index (χ4n) is 1.85. The second-order valence-corrected chi connectivity index (χ2v) is 3.98. The zero-order chi connectivity index (χ0) is 12.5. The lowest BCUT2D eigenvalue weighted by Gasteiger charge is -2.21. The van der Waals surface area contributed by atoms with Crippen molar-refractivity contribution in [2.45, 2.75) is 12.5 Å². The van der Waals surface area contributed by atoms with Crippen molar-refractivity contribution in [3.63, 3.8) is 0 Å². The number of carbonyl (C=O) groups is 2. The second-order valence-electron chi connectivity index (χ2n) is 3.98. The smallest absolute Gasteiger partial charge is 0.325 e. The van der Waals surface area contributed by atoms with Crippen molar-refractivity contribution in [1.82, 2.24) is 15.2 Å². The zero-order valence-corrected chi connectivity index (χ0v) is 9.38. The third kappa shape index (κ3) is 1.76. The first-order valence-corrected chi connectivity index (χ1v) is 5.25. The van der Waals surface area contributed by atoms with Crippen LogP contribution in [0, 0.1) is 0 Å². The van der Waals surface area contributed by atoms with E-state index < -0.39 is 11.6 Å². The molecule has 0 saturated carbocycles. The summed E-state index contributed by atoms with van der Waals surface area (Å²) >= 11 is 0. The Bertz CT molecular complexity index is 449. The van der Waals surface area contributed by atoms with Gasteiger partial charge in [-0.1, -0.05) is 6.07 Å². The monoisotopic (exact) mass is 235 g/mol. The molecule has 1 saturated heterocycles. The Labute approximate surface area is 98.3 Å². The van der Waals surface area contributed by atoms with Gasteiger partial charge in [-0.15, -0.1) is 0 Å². The third-order valence-corrected chi connectivity index (χ3v) is 2.84. The van der Waals surface area contributed by atoms with Gasteiger partial charge in [0.1, 0.15) is 5.54 Å². The number of amides is 3. The molecule has 90 valence electrons. The van der Waals surface area contributed by atoms with Crippen molar-refractivity contribution in [3.05, 3.63) is 30.1 Å². The predicted molar refractivity (Wildman–Crippen MR) is 58.9 cm³/mol. The number of urea groups is 1. The molecule has 1 fully saturated rings. The summed E-state index contributed by atoms with van der Waals surface area (Å²) in [5.74, 6) is -0.371. The maximum atomic E-state index is 12.1. The highest BCUT2D eigenvalue weighted by molar-refractivity contribution is 6.07. The van der Waals surface area contributed by atoms with Gasteiger partial charge in [-0.3, -0.25) is 14.7 Å². The van der Waals surface area contributed by atoms with E-state index in [1.54, 1.807) is 31.5 Å². The van der Waals surface area contributed by atoms with Crippen molar-refractivity contribution < 1.29 is 14.7 Å². The van der Waals surface area contributed by atoms with Crippen LogP contribution < -0.4 is 5.32 Å². The van der Waals surface area contributed by atoms with Gasteiger partial charge in [-0.2, -0.15) is 0 Å². The van der Waals surface area contributed by atoms with Crippen LogP contribution in [0.5, 0.6) is 0 Å². The van der Waals surface area contributed by atoms with Gasteiger partial charge in [-0.05, 0) is 13.0 Å². The minimum atomic E-state index is -1.10. The Morgan fingerprint density at radius 2 is 2.29 bits per heavy atom. The van der Waals surface area contributed by atoms with Gasteiger partial charge in [0.15, 0.2) is 0 Å². The molecule has 3 amide bonds. The van der Waals surface area contributed by atoms with E-state index in [1.807, 2.05) is 0 Å². The van der Waals surface area contributed by atoms with Crippen LogP contribution in [0.15, 0.2) is 24.5 Å². The highest BCUT2D eigenvalue weighted by Crippen LogP contribution is 2.27. The van der Waals surface area contributed by atoms with Crippen molar-refractivity contribution in [2.75, 3.05) is 13.2 Å². The summed E-state index contributed by atoms with van der Waals surface area (Å²) in [6.45, 7) is 1.38. The Balaban J connectivity index is 2.35. The van der Waals surface area contributed by atoms with Gasteiger partial charge in [0, 0.05) is 18.0 Å². The van der Waals surface area contributed by atoms with E-state index >= 15 is 0 Å². The molecule has 17 heavy (non-hydrogen) atoms. The van der Waals surface area contributed by atoms with E-state index in [4.69, 9.17) is 5.11 Å². The molecular weight excluding hydrogens is 222 g/mol. The lowest BCUT2D eigenvalue weighted by molar-refractivity contribution is -0.131. The largest absolute Gasteiger partial charge is 0.395 e. The van der Waals surface area contributed by atoms with E-state index in [0.29, 0.717) is 5.56 Å². The Morgan fingerprint density at radius 1 is 1.53 bits per heavy atom. The van der Waals surface area contributed by atoms with Crippen LogP contribution in [0.3, 0.4) is 0 Å². The minimum Gasteiger partial charge on any atom is -0.395 e. The average molecular weight is 235 g/mol. The summed E-state index contributed by atoms with van der Waals surface area (Å²) in [4.78, 5) is 28.7. The number of aliphatic hydroxyl groups excluding tert-OH is 1. The highest BCUT2D eigenvalue weighted by atomic mass is 16.3. The Kier molecular flexibility index (Phi) is 2.81. The van der Waals surface area contributed by atoms with Gasteiger partial charge in [0.25, 0.3) is 5.91 Å². The number of hydrogen-bond donors (Lipinski definition) is 2. The first-order chi connectivity index (χ1) is 8.09. The van der Waals surface area contributed by atoms with Crippen LogP contribution in [0.2, 0.25) is 0 Å². The molecular formula is C11H13N3O3. The van der Waals surface area contributed by atoms with Crippen molar-refractivity contribution in [3.8, 4) is 0 Å². The molecule has 2 N–H and O–H groups in total. The molecule has 0 radical (unpaired) electrons. The van der Waals surface area contributed by atoms with Gasteiger partial charge in [0.05, 0.1) is 13.2 Å². The molecule has 0 aromatic carbocycles. The number of nitrogens with one attached hydrogen (secondary N) is 1. The number of rotatable bonds is 3. The van der Waals surface area contributed by atoms with Crippen LogP contribution in [-0.4, -0.2) is 40.1 Å². The molecule has 1 aliphatic rings. The summed E-state index contributed by atoms with van der Waals surface area (Å²) in [7, 11) is 0. The van der Waals surface area contributed by atoms with E-state index in [1.165, 1.54) is 0 Å². The second kappa shape index (κ2) is 4.14. The van der Waals surface area contributed by atoms with Crippen molar-refractivity contribution >= 4 is 11.9 Å². The molecule has 0 bridgehead atoms. The molecule has 0 aliphatic carbocycles. The number of pyridine rings is 1. The first-order valence-electron chi connectivity index (χ1n) is 5.25. The van der Waals surface area contributed by atoms with Crippen LogP contribution >= 0.6 is 0 Å². The summed E-state index contributed by atoms with van der Waals surface area (Å²) < 4.78 is 0. The van der Waals surface area contributed by atoms with Crippen molar-refractivity contribution in [2.24, 2.45) is 0 Å². The molecule has 6 nitrogen and oxygen atoms in total. The Hall–Kier alpha value is -1.95. The lowest BCUT2D eigenvalue weighted by Crippen LogP contribution is -2.41. The Morgan fingerprint density at radius 3 is 2.88 bits per heavy atom. The van der Waals surface area contributed by atoms with Crippen LogP contribution in [0.25, 0.3) is 0 Å². The standard InChI is InChI=1S/C11H13N3O3/c1-11(8-3-2-4-12-7-8)9(16)14(5-6-15)10(17)13-11/h2-4,7,15H,5-6H2,1H3,(H,13,17). The fraction of sp³-hybridized carbons (Fsp3) is 0.364. The lowest BCUT2D eigenvalue weighted by atomic mass is 9.94. The summed E-state index contributed by atoms with van der Waals surface area (Å²) in [6.07, 6.45) is 3.14. The normalized spacial score (nSPS) is 24.0. The average Bonchev–Trinajstić information content (AvgIpc) is 2.56. The number of hydrogen-bond acceptors (Lipinski definition) is 4. The molecule has 1 atom stereocenters. The number of imide groups is 1. The molecule has 2 rings (SSSR count). The van der Waals surface area contributed by atoms with Gasteiger partial charge >= 0.3 is 6.03 Å². The molecule has 1 aromatic heterocycles. The third-order valence-electron chi connectivity index (χ3n) is 2.84. The number of aromatic nitrogens is 1. The van der Waals surface area contributed by atoms with Gasteiger partial charge in [0.2, 0.25) is 0 Å². The number of aliphatic hydroxyl groups is 1. The van der Waals surface area contributed by atoms with Crippen LogP contribution in [-0.2, 0) is 10.3 Å². The molecule has 1 aromatic rings. The zero-order valence-electron chi connectivity index (χ0n) is 9.38. The molecule has 1 aliphatic heterocycles. The molecule has 1 unspecified atom stereocenters. The van der Waals surface area contributed by atoms with Crippen molar-refractivity contribution in [1.29, 1.82) is 0 Å². The fourth-order valence-corrected chi connectivity index (χ4v) is 1.85. The first kappa shape index (κ1) is 11.5. The predicted octanol–water partition coefficient (Wildman–Crippen LogP) is -0.159. The quantitative estimate of drug-likeness (QED) is 0.713. The number of nitrogens with zero attached hydrogens (tertiary/aromatic N) is 2. The van der Waals surface area contributed by atoms with E-state index in [-0.39, 0.29) is 19.1 Å². The van der Waals surface area contributed by atoms with Gasteiger partial charge < -0.3 is 10.4 Å². The molecule has 2 heterocycles. The maximum Gasteiger partial charge on any atom is 0.325 e. The van der Waals surface area contributed by atoms with Crippen LogP contribution in [0.1, 0.15) is 12.5 Å². The molecule has 0 spiro atoms. The maximum absolute atomic E-state index is 12.1. The summed E-state index contributed by atoms with van der Waals surface area (Å²) in [5, 5.41) is 11.4. The summed E-state index contributed by atoms with van der Waals surface area (Å²) in [6, 6.07) is 2.94. The minimum absolute atomic E-state index is 0.000515. The molecule has 6 heteroatoms. The number of carbonyl (C=O) groups excluding carboxylic acids is 2. The summed E-state index contributed by atoms with van der Waals surface area (Å²) in [5.41, 5.74) is -0.473. The highest BCUT2D eigenvalue weighted by Gasteiger charge is 2.48.